The molecule has 0 amide bonds. The van der Waals surface area contributed by atoms with Crippen LogP contribution in [0.5, 0.6) is 5.75 Å². The van der Waals surface area contributed by atoms with Crippen molar-refractivity contribution in [2.24, 2.45) is 0 Å². The molecule has 0 saturated carbocycles. The Balaban J connectivity index is 0.00000200. The number of carbonyl (C=O) groups excluding carboxylic acids is 1. The number of nitrogens with zero attached hydrogens (tertiary/aromatic N) is 1. The quantitative estimate of drug-likeness (QED) is 0.569. The Morgan fingerprint density at radius 3 is 2.40 bits per heavy atom. The summed E-state index contributed by atoms with van der Waals surface area (Å²) in [6.45, 7) is 6.08. The van der Waals surface area contributed by atoms with Crippen LogP contribution in [0, 0.1) is 0 Å². The first kappa shape index (κ1) is 17.0. The third-order valence-corrected chi connectivity index (χ3v) is 3.60. The van der Waals surface area contributed by atoms with E-state index in [-0.39, 0.29) is 18.2 Å². The molecule has 0 aliphatic carbocycles. The number of ketones is 1. The zero-order valence-electron chi connectivity index (χ0n) is 12.1. The molecule has 0 radical (unpaired) electrons. The predicted octanol–water partition coefficient (Wildman–Crippen LogP) is 3.57. The van der Waals surface area contributed by atoms with Gasteiger partial charge >= 0.3 is 0 Å². The van der Waals surface area contributed by atoms with Crippen molar-refractivity contribution in [3.8, 4) is 5.75 Å². The fourth-order valence-corrected chi connectivity index (χ4v) is 2.42. The zero-order valence-corrected chi connectivity index (χ0v) is 13.0. The van der Waals surface area contributed by atoms with E-state index >= 15 is 0 Å². The topological polar surface area (TPSA) is 29.5 Å². The van der Waals surface area contributed by atoms with Crippen LogP contribution >= 0.6 is 12.4 Å². The van der Waals surface area contributed by atoms with Gasteiger partial charge in [0.15, 0.2) is 5.78 Å². The number of benzene rings is 1. The van der Waals surface area contributed by atoms with Gasteiger partial charge in [0, 0.05) is 5.56 Å². The molecule has 1 heterocycles. The van der Waals surface area contributed by atoms with Gasteiger partial charge in [0.1, 0.15) is 5.75 Å². The molecule has 0 atom stereocenters. The Morgan fingerprint density at radius 1 is 1.15 bits per heavy atom. The lowest BCUT2D eigenvalue weighted by atomic mass is 10.1. The van der Waals surface area contributed by atoms with Crippen LogP contribution < -0.4 is 4.74 Å². The number of hydrogen-bond acceptors (Lipinski definition) is 3. The average molecular weight is 298 g/mol. The number of hydrogen-bond donors (Lipinski definition) is 0. The zero-order chi connectivity index (χ0) is 13.5. The number of rotatable bonds is 7. The van der Waals surface area contributed by atoms with Gasteiger partial charge in [-0.25, -0.2) is 0 Å². The fraction of sp³-hybridized carbons (Fsp3) is 0.562. The van der Waals surface area contributed by atoms with Crippen molar-refractivity contribution >= 4 is 18.2 Å². The van der Waals surface area contributed by atoms with Gasteiger partial charge in [-0.05, 0) is 76.5 Å². The maximum Gasteiger partial charge on any atom is 0.159 e. The van der Waals surface area contributed by atoms with Crippen molar-refractivity contribution in [1.82, 2.24) is 4.90 Å². The highest BCUT2D eigenvalue weighted by Gasteiger charge is 2.10. The molecular weight excluding hydrogens is 274 g/mol. The molecule has 1 aromatic carbocycles. The normalized spacial score (nSPS) is 14.8. The van der Waals surface area contributed by atoms with Crippen LogP contribution in [-0.4, -0.2) is 36.9 Å². The van der Waals surface area contributed by atoms with E-state index in [2.05, 4.69) is 4.90 Å². The van der Waals surface area contributed by atoms with Crippen LogP contribution in [-0.2, 0) is 0 Å². The molecule has 0 unspecified atom stereocenters. The number of halogens is 1. The minimum Gasteiger partial charge on any atom is -0.494 e. The van der Waals surface area contributed by atoms with Gasteiger partial charge in [-0.1, -0.05) is 0 Å². The molecule has 0 N–H and O–H groups in total. The van der Waals surface area contributed by atoms with E-state index < -0.39 is 0 Å². The molecule has 1 aliphatic heterocycles. The van der Waals surface area contributed by atoms with Crippen LogP contribution in [0.4, 0.5) is 0 Å². The van der Waals surface area contributed by atoms with Crippen LogP contribution in [0.1, 0.15) is 43.0 Å². The Bertz CT molecular complexity index is 399. The predicted molar refractivity (Wildman–Crippen MR) is 84.1 cm³/mol. The molecule has 1 saturated heterocycles. The highest BCUT2D eigenvalue weighted by molar-refractivity contribution is 5.94. The van der Waals surface area contributed by atoms with Crippen molar-refractivity contribution in [2.75, 3.05) is 26.2 Å². The Kier molecular flexibility index (Phi) is 7.63. The number of carbonyl (C=O) groups is 1. The highest BCUT2D eigenvalue weighted by atomic mass is 35.5. The highest BCUT2D eigenvalue weighted by Crippen LogP contribution is 2.13. The van der Waals surface area contributed by atoms with Crippen molar-refractivity contribution in [2.45, 2.75) is 32.6 Å². The molecule has 20 heavy (non-hydrogen) atoms. The summed E-state index contributed by atoms with van der Waals surface area (Å²) in [5, 5.41) is 0. The van der Waals surface area contributed by atoms with Crippen LogP contribution in [0.3, 0.4) is 0 Å². The Labute approximate surface area is 127 Å². The summed E-state index contributed by atoms with van der Waals surface area (Å²) in [5.74, 6) is 0.948. The number of Topliss-reactive ketones (excluding diaryl/α,β-unsaturated/α-hetero) is 1. The maximum absolute atomic E-state index is 11.1. The van der Waals surface area contributed by atoms with E-state index in [4.69, 9.17) is 4.74 Å². The van der Waals surface area contributed by atoms with Crippen molar-refractivity contribution in [3.63, 3.8) is 0 Å². The maximum atomic E-state index is 11.1. The lowest BCUT2D eigenvalue weighted by molar-refractivity contribution is 0.101. The lowest BCUT2D eigenvalue weighted by Crippen LogP contribution is -2.20. The SMILES string of the molecule is CC(=O)c1ccc(OCCCCN2CCCC2)cc1.Cl. The van der Waals surface area contributed by atoms with Crippen LogP contribution in [0.2, 0.25) is 0 Å². The molecule has 0 aromatic heterocycles. The number of unbranched alkanes of at least 4 members (excludes halogenated alkanes) is 1. The summed E-state index contributed by atoms with van der Waals surface area (Å²) in [4.78, 5) is 13.7. The summed E-state index contributed by atoms with van der Waals surface area (Å²) in [6, 6.07) is 7.39. The minimum absolute atomic E-state index is 0. The molecule has 112 valence electrons. The second-order valence-corrected chi connectivity index (χ2v) is 5.18. The van der Waals surface area contributed by atoms with Gasteiger partial charge < -0.3 is 9.64 Å². The second-order valence-electron chi connectivity index (χ2n) is 5.18. The van der Waals surface area contributed by atoms with Crippen molar-refractivity contribution in [1.29, 1.82) is 0 Å². The molecule has 1 aromatic rings. The van der Waals surface area contributed by atoms with Gasteiger partial charge in [-0.15, -0.1) is 12.4 Å². The van der Waals surface area contributed by atoms with Gasteiger partial charge in [0.25, 0.3) is 0 Å². The van der Waals surface area contributed by atoms with Crippen molar-refractivity contribution in [3.05, 3.63) is 29.8 Å². The van der Waals surface area contributed by atoms with Crippen LogP contribution in [0.15, 0.2) is 24.3 Å². The minimum atomic E-state index is 0. The number of likely N-dealkylation sites (tertiary alicyclic amines) is 1. The summed E-state index contributed by atoms with van der Waals surface area (Å²) < 4.78 is 5.68. The van der Waals surface area contributed by atoms with E-state index in [1.807, 2.05) is 24.3 Å². The Morgan fingerprint density at radius 2 is 1.80 bits per heavy atom. The standard InChI is InChI=1S/C16H23NO2.ClH/c1-14(18)15-6-8-16(9-7-15)19-13-5-4-12-17-10-2-3-11-17;/h6-9H,2-5,10-13H2,1H3;1H. The Hall–Kier alpha value is -1.06. The molecule has 2 rings (SSSR count). The van der Waals surface area contributed by atoms with E-state index in [1.54, 1.807) is 6.92 Å². The average Bonchev–Trinajstić information content (AvgIpc) is 2.92. The lowest BCUT2D eigenvalue weighted by Gasteiger charge is -2.14. The van der Waals surface area contributed by atoms with Crippen LogP contribution in [0.25, 0.3) is 0 Å². The summed E-state index contributed by atoms with van der Waals surface area (Å²) in [6.07, 6.45) is 5.01. The van der Waals surface area contributed by atoms with Crippen molar-refractivity contribution < 1.29 is 9.53 Å². The third kappa shape index (κ3) is 5.51. The van der Waals surface area contributed by atoms with E-state index in [0.29, 0.717) is 0 Å². The van der Waals surface area contributed by atoms with Gasteiger partial charge in [-0.3, -0.25) is 4.79 Å². The second kappa shape index (κ2) is 8.98. The third-order valence-electron chi connectivity index (χ3n) is 3.60. The molecule has 0 spiro atoms. The number of ether oxygens (including phenoxy) is 1. The molecule has 3 nitrogen and oxygen atoms in total. The molecule has 1 fully saturated rings. The van der Waals surface area contributed by atoms with E-state index in [9.17, 15) is 4.79 Å². The molecule has 4 heteroatoms. The van der Waals surface area contributed by atoms with Gasteiger partial charge in [0.2, 0.25) is 0 Å². The largest absolute Gasteiger partial charge is 0.494 e. The molecular formula is C16H24ClNO2. The summed E-state index contributed by atoms with van der Waals surface area (Å²) >= 11 is 0. The molecule has 1 aliphatic rings. The summed E-state index contributed by atoms with van der Waals surface area (Å²) in [7, 11) is 0. The smallest absolute Gasteiger partial charge is 0.159 e. The van der Waals surface area contributed by atoms with Gasteiger partial charge in [-0.2, -0.15) is 0 Å². The molecule has 0 bridgehead atoms. The van der Waals surface area contributed by atoms with Gasteiger partial charge in [0.05, 0.1) is 6.61 Å². The fourth-order valence-electron chi connectivity index (χ4n) is 2.42. The van der Waals surface area contributed by atoms with E-state index in [1.165, 1.54) is 38.9 Å². The first-order valence-electron chi connectivity index (χ1n) is 7.22. The monoisotopic (exact) mass is 297 g/mol. The van der Waals surface area contributed by atoms with E-state index in [0.717, 1.165) is 24.3 Å². The first-order chi connectivity index (χ1) is 9.25. The first-order valence-corrected chi connectivity index (χ1v) is 7.22. The summed E-state index contributed by atoms with van der Waals surface area (Å²) in [5.41, 5.74) is 0.737.